The highest BCUT2D eigenvalue weighted by Gasteiger charge is 2.30. The molecular weight excluding hydrogens is 276 g/mol. The van der Waals surface area contributed by atoms with Crippen LogP contribution in [0, 0.1) is 5.92 Å². The summed E-state index contributed by atoms with van der Waals surface area (Å²) in [5.41, 5.74) is 1.91. The predicted molar refractivity (Wildman–Crippen MR) is 85.8 cm³/mol. The van der Waals surface area contributed by atoms with Gasteiger partial charge in [-0.3, -0.25) is 4.57 Å². The number of aryl methyl sites for hydroxylation is 2. The summed E-state index contributed by atoms with van der Waals surface area (Å²) < 4.78 is 4.36. The third-order valence-corrected chi connectivity index (χ3v) is 4.42. The van der Waals surface area contributed by atoms with Crippen molar-refractivity contribution < 1.29 is 0 Å². The van der Waals surface area contributed by atoms with E-state index in [4.69, 9.17) is 4.98 Å². The molecule has 1 aliphatic rings. The summed E-state index contributed by atoms with van der Waals surface area (Å²) in [6.07, 6.45) is 6.78. The van der Waals surface area contributed by atoms with Gasteiger partial charge < -0.3 is 9.47 Å². The van der Waals surface area contributed by atoms with E-state index < -0.39 is 0 Å². The van der Waals surface area contributed by atoms with Crippen LogP contribution in [0.3, 0.4) is 0 Å². The topological polar surface area (TPSA) is 51.8 Å². The molecule has 114 valence electrons. The zero-order valence-electron chi connectivity index (χ0n) is 13.0. The summed E-state index contributed by atoms with van der Waals surface area (Å²) in [4.78, 5) is 15.8. The fourth-order valence-corrected chi connectivity index (χ4v) is 3.24. The van der Waals surface area contributed by atoms with Gasteiger partial charge in [-0.2, -0.15) is 0 Å². The first-order valence-electron chi connectivity index (χ1n) is 7.78. The van der Waals surface area contributed by atoms with E-state index in [2.05, 4.69) is 37.1 Å². The molecule has 0 aliphatic carbocycles. The predicted octanol–water partition coefficient (Wildman–Crippen LogP) is 1.86. The lowest BCUT2D eigenvalue weighted by Crippen LogP contribution is -2.49. The van der Waals surface area contributed by atoms with E-state index in [1.54, 1.807) is 0 Å². The molecule has 22 heavy (non-hydrogen) atoms. The van der Waals surface area contributed by atoms with Crippen molar-refractivity contribution in [1.82, 2.24) is 24.1 Å². The smallest absolute Gasteiger partial charge is 0.207 e. The van der Waals surface area contributed by atoms with Gasteiger partial charge in [-0.25, -0.2) is 15.0 Å². The summed E-state index contributed by atoms with van der Waals surface area (Å²) >= 11 is 0. The molecule has 1 aliphatic heterocycles. The minimum atomic E-state index is 0.660. The third-order valence-electron chi connectivity index (χ3n) is 4.42. The second-order valence-corrected chi connectivity index (χ2v) is 5.94. The molecule has 1 saturated heterocycles. The number of nitrogens with zero attached hydrogens (tertiary/aromatic N) is 6. The highest BCUT2D eigenvalue weighted by Crippen LogP contribution is 2.27. The van der Waals surface area contributed by atoms with Crippen LogP contribution in [0.15, 0.2) is 30.7 Å². The zero-order chi connectivity index (χ0) is 15.1. The molecule has 0 bridgehead atoms. The van der Waals surface area contributed by atoms with Gasteiger partial charge in [0.1, 0.15) is 11.3 Å². The van der Waals surface area contributed by atoms with E-state index in [0.29, 0.717) is 5.92 Å². The van der Waals surface area contributed by atoms with Crippen LogP contribution in [-0.4, -0.2) is 37.2 Å². The van der Waals surface area contributed by atoms with Crippen molar-refractivity contribution in [2.75, 3.05) is 18.0 Å². The van der Waals surface area contributed by atoms with Crippen LogP contribution < -0.4 is 4.90 Å². The quantitative estimate of drug-likeness (QED) is 0.737. The van der Waals surface area contributed by atoms with E-state index in [1.165, 1.54) is 5.82 Å². The summed E-state index contributed by atoms with van der Waals surface area (Å²) in [6, 6.07) is 3.95. The van der Waals surface area contributed by atoms with E-state index in [-0.39, 0.29) is 0 Å². The monoisotopic (exact) mass is 296 g/mol. The van der Waals surface area contributed by atoms with Gasteiger partial charge in [-0.15, -0.1) is 0 Å². The molecule has 0 aromatic carbocycles. The Hall–Kier alpha value is -2.37. The standard InChI is InChI=1S/C16H20N6/c1-3-14-17-7-8-21(14)9-12-10-22(11-12)16-19-13-5-4-6-18-15(13)20(16)2/h4-8,12H,3,9-11H2,1-2H3. The number of pyridine rings is 1. The number of fused-ring (bicyclic) bond motifs is 1. The maximum Gasteiger partial charge on any atom is 0.207 e. The normalized spacial score (nSPS) is 15.5. The Morgan fingerprint density at radius 3 is 2.86 bits per heavy atom. The molecule has 0 unspecified atom stereocenters. The van der Waals surface area contributed by atoms with E-state index in [0.717, 1.165) is 43.2 Å². The molecule has 4 heterocycles. The average Bonchev–Trinajstić information content (AvgIpc) is 3.07. The Morgan fingerprint density at radius 2 is 2.09 bits per heavy atom. The molecule has 4 rings (SSSR count). The van der Waals surface area contributed by atoms with Gasteiger partial charge in [0.25, 0.3) is 0 Å². The van der Waals surface area contributed by atoms with Crippen LogP contribution >= 0.6 is 0 Å². The first-order valence-corrected chi connectivity index (χ1v) is 7.78. The van der Waals surface area contributed by atoms with Gasteiger partial charge >= 0.3 is 0 Å². The maximum atomic E-state index is 4.71. The van der Waals surface area contributed by atoms with Gasteiger partial charge in [-0.1, -0.05) is 6.92 Å². The van der Waals surface area contributed by atoms with Gasteiger partial charge in [0, 0.05) is 57.6 Å². The summed E-state index contributed by atoms with van der Waals surface area (Å²) in [5.74, 6) is 2.85. The van der Waals surface area contributed by atoms with Crippen LogP contribution in [0.25, 0.3) is 11.2 Å². The van der Waals surface area contributed by atoms with Gasteiger partial charge in [0.15, 0.2) is 5.65 Å². The van der Waals surface area contributed by atoms with Crippen LogP contribution in [0.1, 0.15) is 12.7 Å². The Bertz CT molecular complexity index is 796. The number of anilines is 1. The first kappa shape index (κ1) is 13.3. The lowest BCUT2D eigenvalue weighted by atomic mass is 10.0. The highest BCUT2D eigenvalue weighted by molar-refractivity contribution is 5.74. The van der Waals surface area contributed by atoms with Gasteiger partial charge in [0.2, 0.25) is 5.95 Å². The van der Waals surface area contributed by atoms with E-state index >= 15 is 0 Å². The fraction of sp³-hybridized carbons (Fsp3) is 0.438. The van der Waals surface area contributed by atoms with E-state index in [9.17, 15) is 0 Å². The number of imidazole rings is 2. The minimum Gasteiger partial charge on any atom is -0.341 e. The fourth-order valence-electron chi connectivity index (χ4n) is 3.24. The molecule has 0 saturated carbocycles. The van der Waals surface area contributed by atoms with Crippen molar-refractivity contribution in [3.63, 3.8) is 0 Å². The average molecular weight is 296 g/mol. The van der Waals surface area contributed by atoms with E-state index in [1.807, 2.05) is 31.6 Å². The van der Waals surface area contributed by atoms with Crippen molar-refractivity contribution in [1.29, 1.82) is 0 Å². The highest BCUT2D eigenvalue weighted by atomic mass is 15.3. The minimum absolute atomic E-state index is 0.660. The molecule has 6 heteroatoms. The molecule has 0 N–H and O–H groups in total. The van der Waals surface area contributed by atoms with Gasteiger partial charge in [0.05, 0.1) is 0 Å². The SMILES string of the molecule is CCc1nccn1CC1CN(c2nc3cccnc3n2C)C1. The summed E-state index contributed by atoms with van der Waals surface area (Å²) in [6.45, 7) is 5.28. The molecule has 6 nitrogen and oxygen atoms in total. The Kier molecular flexibility index (Phi) is 3.10. The molecule has 3 aromatic heterocycles. The van der Waals surface area contributed by atoms with Crippen molar-refractivity contribution >= 4 is 17.1 Å². The lowest BCUT2D eigenvalue weighted by molar-refractivity contribution is 0.347. The van der Waals surface area contributed by atoms with Crippen molar-refractivity contribution in [3.8, 4) is 0 Å². The van der Waals surface area contributed by atoms with Crippen LogP contribution in [-0.2, 0) is 20.0 Å². The van der Waals surface area contributed by atoms with Crippen LogP contribution in [0.5, 0.6) is 0 Å². The van der Waals surface area contributed by atoms with Gasteiger partial charge in [-0.05, 0) is 12.1 Å². The number of hydrogen-bond donors (Lipinski definition) is 0. The Morgan fingerprint density at radius 1 is 1.23 bits per heavy atom. The van der Waals surface area contributed by atoms with Crippen LogP contribution in [0.2, 0.25) is 0 Å². The molecule has 1 fully saturated rings. The van der Waals surface area contributed by atoms with Crippen molar-refractivity contribution in [2.45, 2.75) is 19.9 Å². The number of aromatic nitrogens is 5. The second-order valence-electron chi connectivity index (χ2n) is 5.94. The zero-order valence-corrected chi connectivity index (χ0v) is 13.0. The first-order chi connectivity index (χ1) is 10.8. The number of rotatable bonds is 4. The summed E-state index contributed by atoms with van der Waals surface area (Å²) in [7, 11) is 2.04. The van der Waals surface area contributed by atoms with Crippen molar-refractivity contribution in [2.24, 2.45) is 13.0 Å². The van der Waals surface area contributed by atoms with Crippen molar-refractivity contribution in [3.05, 3.63) is 36.5 Å². The molecular formula is C16H20N6. The molecule has 0 amide bonds. The molecule has 0 radical (unpaired) electrons. The maximum absolute atomic E-state index is 4.71. The Balaban J connectivity index is 1.47. The Labute approximate surface area is 129 Å². The number of hydrogen-bond acceptors (Lipinski definition) is 4. The molecule has 3 aromatic rings. The van der Waals surface area contributed by atoms with Crippen LogP contribution in [0.4, 0.5) is 5.95 Å². The lowest BCUT2D eigenvalue weighted by Gasteiger charge is -2.40. The second kappa shape index (κ2) is 5.12. The third kappa shape index (κ3) is 2.06. The summed E-state index contributed by atoms with van der Waals surface area (Å²) in [5, 5.41) is 0. The molecule has 0 atom stereocenters. The molecule has 0 spiro atoms. The largest absolute Gasteiger partial charge is 0.341 e.